The van der Waals surface area contributed by atoms with Crippen LogP contribution in [-0.2, 0) is 4.79 Å². The molecule has 1 atom stereocenters. The fourth-order valence-electron chi connectivity index (χ4n) is 3.74. The summed E-state index contributed by atoms with van der Waals surface area (Å²) in [6.45, 7) is 3.01. The quantitative estimate of drug-likeness (QED) is 0.649. The highest BCUT2D eigenvalue weighted by Crippen LogP contribution is 2.34. The van der Waals surface area contributed by atoms with E-state index in [0.717, 1.165) is 35.0 Å². The molecule has 8 nitrogen and oxygen atoms in total. The van der Waals surface area contributed by atoms with Gasteiger partial charge in [0.25, 0.3) is 12.4 Å². The van der Waals surface area contributed by atoms with Crippen molar-refractivity contribution in [3.63, 3.8) is 0 Å². The third-order valence-corrected chi connectivity index (χ3v) is 5.83. The van der Waals surface area contributed by atoms with E-state index in [2.05, 4.69) is 36.3 Å². The summed E-state index contributed by atoms with van der Waals surface area (Å²) in [6, 6.07) is 3.94. The van der Waals surface area contributed by atoms with E-state index in [1.54, 1.807) is 7.11 Å². The number of aromatic nitrogens is 2. The Bertz CT molecular complexity index is 801. The summed E-state index contributed by atoms with van der Waals surface area (Å²) in [5, 5.41) is 18.0. The number of benzene rings is 1. The van der Waals surface area contributed by atoms with E-state index < -0.39 is 0 Å². The Kier molecular flexibility index (Phi) is 5.77. The monoisotopic (exact) mass is 424 g/mol. The second-order valence-electron chi connectivity index (χ2n) is 6.40. The minimum absolute atomic E-state index is 0.121. The molecule has 0 spiro atoms. The smallest absolute Gasteiger partial charge is 0.290 e. The van der Waals surface area contributed by atoms with Crippen LogP contribution in [-0.4, -0.2) is 65.4 Å². The normalized spacial score (nSPS) is 23.8. The number of aromatic amines is 1. The van der Waals surface area contributed by atoms with Gasteiger partial charge in [-0.05, 0) is 59.9 Å². The van der Waals surface area contributed by atoms with Gasteiger partial charge in [-0.25, -0.2) is 0 Å². The Balaban J connectivity index is 0.000000613. The van der Waals surface area contributed by atoms with Crippen LogP contribution in [0.4, 0.5) is 0 Å². The van der Waals surface area contributed by atoms with E-state index in [0.29, 0.717) is 17.4 Å². The predicted octanol–water partition coefficient (Wildman–Crippen LogP) is 1.86. The molecule has 0 aliphatic carbocycles. The summed E-state index contributed by atoms with van der Waals surface area (Å²) >= 11 is 3.52. The largest absolute Gasteiger partial charge is 0.496 e. The first-order valence-electron chi connectivity index (χ1n) is 8.40. The topological polar surface area (TPSA) is 108 Å². The Labute approximate surface area is 159 Å². The van der Waals surface area contributed by atoms with Crippen LogP contribution in [0.15, 0.2) is 16.6 Å². The highest BCUT2D eigenvalue weighted by Gasteiger charge is 2.35. The van der Waals surface area contributed by atoms with Crippen LogP contribution >= 0.6 is 15.9 Å². The molecule has 1 aromatic carbocycles. The van der Waals surface area contributed by atoms with E-state index in [-0.39, 0.29) is 18.4 Å². The van der Waals surface area contributed by atoms with Gasteiger partial charge in [0.2, 0.25) is 0 Å². The molecule has 2 bridgehead atoms. The van der Waals surface area contributed by atoms with Gasteiger partial charge in [0.05, 0.1) is 22.5 Å². The van der Waals surface area contributed by atoms with Gasteiger partial charge >= 0.3 is 0 Å². The van der Waals surface area contributed by atoms with Crippen molar-refractivity contribution in [2.45, 2.75) is 18.9 Å². The Morgan fingerprint density at radius 1 is 1.46 bits per heavy atom. The average Bonchev–Trinajstić information content (AvgIpc) is 3.09. The van der Waals surface area contributed by atoms with Gasteiger partial charge in [-0.15, -0.1) is 0 Å². The molecular weight excluding hydrogens is 404 g/mol. The summed E-state index contributed by atoms with van der Waals surface area (Å²) in [5.74, 6) is 1.16. The molecule has 3 N–H and O–H groups in total. The van der Waals surface area contributed by atoms with E-state index >= 15 is 0 Å². The van der Waals surface area contributed by atoms with Crippen molar-refractivity contribution in [1.82, 2.24) is 20.4 Å². The van der Waals surface area contributed by atoms with Gasteiger partial charge in [0.1, 0.15) is 5.75 Å². The van der Waals surface area contributed by atoms with Gasteiger partial charge in [-0.2, -0.15) is 5.10 Å². The van der Waals surface area contributed by atoms with E-state index in [4.69, 9.17) is 14.6 Å². The molecule has 5 rings (SSSR count). The number of methoxy groups -OCH3 is 1. The Morgan fingerprint density at radius 3 is 2.73 bits per heavy atom. The number of H-pyrrole nitrogens is 1. The van der Waals surface area contributed by atoms with Crippen molar-refractivity contribution in [3.05, 3.63) is 22.3 Å². The number of rotatable bonds is 3. The molecule has 3 saturated heterocycles. The van der Waals surface area contributed by atoms with Crippen LogP contribution in [0, 0.1) is 5.92 Å². The maximum absolute atomic E-state index is 12.7. The zero-order chi connectivity index (χ0) is 18.7. The fourth-order valence-corrected chi connectivity index (χ4v) is 4.44. The van der Waals surface area contributed by atoms with Gasteiger partial charge in [0.15, 0.2) is 5.69 Å². The van der Waals surface area contributed by atoms with Crippen molar-refractivity contribution in [1.29, 1.82) is 0 Å². The lowest BCUT2D eigenvalue weighted by Crippen LogP contribution is -2.57. The van der Waals surface area contributed by atoms with Crippen molar-refractivity contribution in [2.24, 2.45) is 5.92 Å². The number of piperidine rings is 3. The first-order valence-corrected chi connectivity index (χ1v) is 9.20. The lowest BCUT2D eigenvalue weighted by molar-refractivity contribution is -0.122. The third kappa shape index (κ3) is 3.54. The molecule has 0 unspecified atom stereocenters. The molecule has 4 heterocycles. The summed E-state index contributed by atoms with van der Waals surface area (Å²) < 4.78 is 6.08. The number of hydrogen-bond donors (Lipinski definition) is 3. The fraction of sp³-hybridized carbons (Fsp3) is 0.471. The van der Waals surface area contributed by atoms with Crippen LogP contribution in [0.5, 0.6) is 5.75 Å². The minimum atomic E-state index is -0.250. The van der Waals surface area contributed by atoms with Crippen LogP contribution in [0.25, 0.3) is 10.9 Å². The number of ether oxygens (including phenoxy) is 1. The van der Waals surface area contributed by atoms with Gasteiger partial charge in [0, 0.05) is 12.6 Å². The van der Waals surface area contributed by atoms with Gasteiger partial charge in [-0.1, -0.05) is 0 Å². The molecule has 0 radical (unpaired) electrons. The summed E-state index contributed by atoms with van der Waals surface area (Å²) in [7, 11) is 1.61. The molecule has 140 valence electrons. The van der Waals surface area contributed by atoms with Crippen LogP contribution in [0.2, 0.25) is 0 Å². The van der Waals surface area contributed by atoms with E-state index in [1.165, 1.54) is 12.8 Å². The number of carbonyl (C=O) groups is 2. The highest BCUT2D eigenvalue weighted by molar-refractivity contribution is 9.10. The number of carbonyl (C=O) groups excluding carboxylic acids is 1. The van der Waals surface area contributed by atoms with Gasteiger partial charge in [-0.3, -0.25) is 14.7 Å². The van der Waals surface area contributed by atoms with Gasteiger partial charge < -0.3 is 20.1 Å². The third-order valence-electron chi connectivity index (χ3n) is 5.04. The molecule has 1 amide bonds. The molecular formula is C17H21BrN4O4. The maximum atomic E-state index is 12.7. The van der Waals surface area contributed by atoms with E-state index in [9.17, 15) is 4.79 Å². The second-order valence-corrected chi connectivity index (χ2v) is 7.19. The standard InChI is InChI=1S/C16H19BrN4O2.CH2O2/c1-23-12-3-2-10-13(14(12)17)15(20-19-10)16(22)18-11-8-21-6-4-9(11)5-7-21;2-1-3/h2-3,9,11H,4-8H2,1H3,(H,18,22)(H,19,20);1H,(H,2,3)/t11-;/m0./s1. The van der Waals surface area contributed by atoms with Crippen molar-refractivity contribution < 1.29 is 19.4 Å². The molecule has 3 aliphatic heterocycles. The summed E-state index contributed by atoms with van der Waals surface area (Å²) in [4.78, 5) is 23.5. The predicted molar refractivity (Wildman–Crippen MR) is 99.5 cm³/mol. The second kappa shape index (κ2) is 8.05. The molecule has 3 fully saturated rings. The Hall–Kier alpha value is -2.13. The molecule has 9 heteroatoms. The number of hydrogen-bond acceptors (Lipinski definition) is 5. The van der Waals surface area contributed by atoms with Crippen LogP contribution in [0.3, 0.4) is 0 Å². The van der Waals surface area contributed by atoms with Crippen molar-refractivity contribution in [3.8, 4) is 5.75 Å². The maximum Gasteiger partial charge on any atom is 0.290 e. The average molecular weight is 425 g/mol. The molecule has 3 aliphatic rings. The molecule has 1 aromatic heterocycles. The first-order chi connectivity index (χ1) is 12.6. The lowest BCUT2D eigenvalue weighted by atomic mass is 9.84. The SMILES string of the molecule is COc1ccc2[nH]nc(C(=O)N[C@H]3CN4CCC3CC4)c2c1Br.O=CO. The number of fused-ring (bicyclic) bond motifs is 4. The number of carboxylic acid groups (broad SMARTS) is 1. The van der Waals surface area contributed by atoms with Crippen molar-refractivity contribution in [2.75, 3.05) is 26.7 Å². The number of amides is 1. The molecule has 26 heavy (non-hydrogen) atoms. The summed E-state index contributed by atoms with van der Waals surface area (Å²) in [5.41, 5.74) is 1.24. The Morgan fingerprint density at radius 2 is 2.15 bits per heavy atom. The minimum Gasteiger partial charge on any atom is -0.496 e. The summed E-state index contributed by atoms with van der Waals surface area (Å²) in [6.07, 6.45) is 2.34. The zero-order valence-electron chi connectivity index (χ0n) is 14.4. The van der Waals surface area contributed by atoms with Crippen molar-refractivity contribution >= 4 is 39.2 Å². The lowest BCUT2D eigenvalue weighted by Gasteiger charge is -2.44. The zero-order valence-corrected chi connectivity index (χ0v) is 16.0. The molecule has 2 aromatic rings. The van der Waals surface area contributed by atoms with Crippen LogP contribution < -0.4 is 10.1 Å². The number of halogens is 1. The first kappa shape index (κ1) is 18.7. The highest BCUT2D eigenvalue weighted by atomic mass is 79.9. The number of nitrogens with one attached hydrogen (secondary N) is 2. The van der Waals surface area contributed by atoms with E-state index in [1.807, 2.05) is 12.1 Å². The van der Waals surface area contributed by atoms with Crippen LogP contribution in [0.1, 0.15) is 23.3 Å². The number of nitrogens with zero attached hydrogens (tertiary/aromatic N) is 2. The molecule has 0 saturated carbocycles.